The van der Waals surface area contributed by atoms with Crippen molar-refractivity contribution in [3.8, 4) is 0 Å². The van der Waals surface area contributed by atoms with Gasteiger partial charge in [0.1, 0.15) is 17.1 Å². The Kier molecular flexibility index (Phi) is 8.59. The van der Waals surface area contributed by atoms with Gasteiger partial charge >= 0.3 is 6.09 Å². The lowest BCUT2D eigenvalue weighted by molar-refractivity contribution is -0.385. The Bertz CT molecular complexity index is 996. The summed E-state index contributed by atoms with van der Waals surface area (Å²) in [6.45, 7) is 7.07. The molecule has 2 aromatic rings. The molecule has 2 rings (SSSR count). The molecular weight excluding hydrogens is 434 g/mol. The molecule has 1 aromatic carbocycles. The minimum Gasteiger partial charge on any atom is -0.444 e. The first kappa shape index (κ1) is 25.1. The number of para-hydroxylation sites is 1. The SMILES string of the molecule is CC(=O)c1csc(CCN(CCC(=O)Cc2ccccc2[N+](=O)[O-])C(=O)OC(C)(C)C)n1. The van der Waals surface area contributed by atoms with Crippen LogP contribution < -0.4 is 0 Å². The van der Waals surface area contributed by atoms with Crippen LogP contribution in [0.1, 0.15) is 55.2 Å². The predicted octanol–water partition coefficient (Wildman–Crippen LogP) is 4.24. The standard InChI is InChI=1S/C22H27N3O6S/c1-15(26)18-14-32-20(23-18)10-12-24(21(28)31-22(2,3)4)11-9-17(27)13-16-7-5-6-8-19(16)25(29)30/h5-8,14H,9-13H2,1-4H3. The number of thiazole rings is 1. The molecule has 0 aliphatic carbocycles. The van der Waals surface area contributed by atoms with Crippen molar-refractivity contribution in [1.29, 1.82) is 0 Å². The number of rotatable bonds is 10. The van der Waals surface area contributed by atoms with E-state index in [1.54, 1.807) is 44.4 Å². The highest BCUT2D eigenvalue weighted by Crippen LogP contribution is 2.19. The molecule has 32 heavy (non-hydrogen) atoms. The van der Waals surface area contributed by atoms with Crippen molar-refractivity contribution >= 4 is 34.7 Å². The van der Waals surface area contributed by atoms with Crippen LogP contribution in [0.4, 0.5) is 10.5 Å². The summed E-state index contributed by atoms with van der Waals surface area (Å²) in [7, 11) is 0. The number of amides is 1. The van der Waals surface area contributed by atoms with Crippen LogP contribution in [-0.2, 0) is 22.4 Å². The smallest absolute Gasteiger partial charge is 0.410 e. The first-order chi connectivity index (χ1) is 15.0. The lowest BCUT2D eigenvalue weighted by Crippen LogP contribution is -2.39. The predicted molar refractivity (Wildman–Crippen MR) is 120 cm³/mol. The Morgan fingerprint density at radius 1 is 1.19 bits per heavy atom. The molecule has 0 spiro atoms. The molecule has 0 radical (unpaired) electrons. The Labute approximate surface area is 190 Å². The molecule has 0 atom stereocenters. The van der Waals surface area contributed by atoms with Crippen LogP contribution in [0.2, 0.25) is 0 Å². The minimum atomic E-state index is -0.701. The number of Topliss-reactive ketones (excluding diaryl/α,β-unsaturated/α-hetero) is 2. The van der Waals surface area contributed by atoms with E-state index in [1.165, 1.54) is 29.2 Å². The number of ketones is 2. The van der Waals surface area contributed by atoms with Crippen LogP contribution >= 0.6 is 11.3 Å². The van der Waals surface area contributed by atoms with E-state index in [0.717, 1.165) is 0 Å². The van der Waals surface area contributed by atoms with Crippen molar-refractivity contribution < 1.29 is 24.0 Å². The largest absolute Gasteiger partial charge is 0.444 e. The molecule has 172 valence electrons. The highest BCUT2D eigenvalue weighted by molar-refractivity contribution is 7.09. The second-order valence-corrected chi connectivity index (χ2v) is 9.19. The Morgan fingerprint density at radius 2 is 1.88 bits per heavy atom. The first-order valence-electron chi connectivity index (χ1n) is 10.1. The van der Waals surface area contributed by atoms with E-state index in [2.05, 4.69) is 4.98 Å². The van der Waals surface area contributed by atoms with Crippen LogP contribution in [0, 0.1) is 10.1 Å². The first-order valence-corrected chi connectivity index (χ1v) is 11.0. The van der Waals surface area contributed by atoms with Gasteiger partial charge in [-0.25, -0.2) is 9.78 Å². The van der Waals surface area contributed by atoms with Crippen LogP contribution in [0.3, 0.4) is 0 Å². The van der Waals surface area contributed by atoms with Crippen LogP contribution in [0.5, 0.6) is 0 Å². The molecule has 1 aromatic heterocycles. The number of ether oxygens (including phenoxy) is 1. The molecule has 1 amide bonds. The fraction of sp³-hybridized carbons (Fsp3) is 0.455. The zero-order valence-corrected chi connectivity index (χ0v) is 19.4. The molecular formula is C22H27N3O6S. The van der Waals surface area contributed by atoms with Crippen LogP contribution in [0.15, 0.2) is 29.6 Å². The topological polar surface area (TPSA) is 120 Å². The summed E-state index contributed by atoms with van der Waals surface area (Å²) >= 11 is 1.33. The maximum absolute atomic E-state index is 12.6. The summed E-state index contributed by atoms with van der Waals surface area (Å²) in [5.41, 5.74) is -0.0818. The van der Waals surface area contributed by atoms with Crippen LogP contribution in [-0.4, -0.2) is 51.2 Å². The third kappa shape index (κ3) is 7.84. The molecule has 0 aliphatic heterocycles. The molecule has 0 aliphatic rings. The zero-order chi connectivity index (χ0) is 23.9. The second kappa shape index (κ2) is 10.9. The number of benzene rings is 1. The van der Waals surface area contributed by atoms with E-state index in [4.69, 9.17) is 4.74 Å². The quantitative estimate of drug-likeness (QED) is 0.295. The van der Waals surface area contributed by atoms with Gasteiger partial charge in [0.15, 0.2) is 5.78 Å². The molecule has 0 fully saturated rings. The van der Waals surface area contributed by atoms with E-state index in [9.17, 15) is 24.5 Å². The van der Waals surface area contributed by atoms with Gasteiger partial charge in [-0.15, -0.1) is 11.3 Å². The average molecular weight is 462 g/mol. The number of hydrogen-bond acceptors (Lipinski definition) is 8. The third-order valence-electron chi connectivity index (χ3n) is 4.40. The van der Waals surface area contributed by atoms with Gasteiger partial charge in [0, 0.05) is 56.3 Å². The number of hydrogen-bond donors (Lipinski definition) is 0. The summed E-state index contributed by atoms with van der Waals surface area (Å²) in [4.78, 5) is 52.9. The Hall–Kier alpha value is -3.14. The van der Waals surface area contributed by atoms with Gasteiger partial charge in [0.25, 0.3) is 5.69 Å². The molecule has 0 unspecified atom stereocenters. The van der Waals surface area contributed by atoms with Crippen LogP contribution in [0.25, 0.3) is 0 Å². The maximum Gasteiger partial charge on any atom is 0.410 e. The summed E-state index contributed by atoms with van der Waals surface area (Å²) in [5, 5.41) is 13.5. The summed E-state index contributed by atoms with van der Waals surface area (Å²) < 4.78 is 5.45. The van der Waals surface area contributed by atoms with E-state index in [1.807, 2.05) is 0 Å². The second-order valence-electron chi connectivity index (χ2n) is 8.25. The number of nitro groups is 1. The van der Waals surface area contributed by atoms with Gasteiger partial charge in [0.2, 0.25) is 0 Å². The number of nitro benzene ring substituents is 1. The van der Waals surface area contributed by atoms with Crippen molar-refractivity contribution in [1.82, 2.24) is 9.88 Å². The van der Waals surface area contributed by atoms with Gasteiger partial charge in [-0.2, -0.15) is 0 Å². The molecule has 0 N–H and O–H groups in total. The average Bonchev–Trinajstić information content (AvgIpc) is 3.16. The normalized spacial score (nSPS) is 11.1. The van der Waals surface area contributed by atoms with Crippen molar-refractivity contribution in [3.05, 3.63) is 56.0 Å². The molecule has 0 saturated carbocycles. The van der Waals surface area contributed by atoms with E-state index < -0.39 is 16.6 Å². The Morgan fingerprint density at radius 3 is 2.47 bits per heavy atom. The number of carbonyl (C=O) groups is 3. The van der Waals surface area contributed by atoms with Crippen molar-refractivity contribution in [2.75, 3.05) is 13.1 Å². The molecule has 0 saturated heterocycles. The van der Waals surface area contributed by atoms with Crippen molar-refractivity contribution in [2.45, 2.75) is 52.6 Å². The molecule has 9 nitrogen and oxygen atoms in total. The Balaban J connectivity index is 2.03. The van der Waals surface area contributed by atoms with E-state index in [0.29, 0.717) is 22.7 Å². The monoisotopic (exact) mass is 461 g/mol. The summed E-state index contributed by atoms with van der Waals surface area (Å²) in [6, 6.07) is 6.11. The lowest BCUT2D eigenvalue weighted by atomic mass is 10.0. The van der Waals surface area contributed by atoms with Gasteiger partial charge < -0.3 is 9.64 Å². The molecule has 10 heteroatoms. The fourth-order valence-corrected chi connectivity index (χ4v) is 3.66. The van der Waals surface area contributed by atoms with Gasteiger partial charge in [-0.3, -0.25) is 19.7 Å². The van der Waals surface area contributed by atoms with Gasteiger partial charge in [0.05, 0.1) is 9.93 Å². The summed E-state index contributed by atoms with van der Waals surface area (Å²) in [6.07, 6.45) is -0.204. The third-order valence-corrected chi connectivity index (χ3v) is 5.30. The van der Waals surface area contributed by atoms with E-state index in [-0.39, 0.29) is 43.2 Å². The van der Waals surface area contributed by atoms with Gasteiger partial charge in [-0.1, -0.05) is 18.2 Å². The number of nitrogens with zero attached hydrogens (tertiary/aromatic N) is 3. The van der Waals surface area contributed by atoms with E-state index >= 15 is 0 Å². The number of aromatic nitrogens is 1. The number of carbonyl (C=O) groups excluding carboxylic acids is 3. The van der Waals surface area contributed by atoms with Crippen molar-refractivity contribution in [3.63, 3.8) is 0 Å². The molecule has 1 heterocycles. The molecule has 0 bridgehead atoms. The highest BCUT2D eigenvalue weighted by atomic mass is 32.1. The summed E-state index contributed by atoms with van der Waals surface area (Å²) in [5.74, 6) is -0.349. The fourth-order valence-electron chi connectivity index (χ4n) is 2.84. The van der Waals surface area contributed by atoms with Gasteiger partial charge in [-0.05, 0) is 20.8 Å². The lowest BCUT2D eigenvalue weighted by Gasteiger charge is -2.27. The highest BCUT2D eigenvalue weighted by Gasteiger charge is 2.24. The zero-order valence-electron chi connectivity index (χ0n) is 18.6. The minimum absolute atomic E-state index is 0.0296. The van der Waals surface area contributed by atoms with Crippen molar-refractivity contribution in [2.24, 2.45) is 0 Å². The maximum atomic E-state index is 12.6.